The van der Waals surface area contributed by atoms with Gasteiger partial charge in [0, 0.05) is 25.7 Å². The summed E-state index contributed by atoms with van der Waals surface area (Å²) in [5, 5.41) is 6.53. The number of anilines is 2. The number of hydrogen-bond donors (Lipinski definition) is 3. The first-order valence-electron chi connectivity index (χ1n) is 6.75. The number of nitrogen functional groups attached to an aromatic ring is 1. The van der Waals surface area contributed by atoms with Crippen molar-refractivity contribution in [2.45, 2.75) is 26.3 Å². The van der Waals surface area contributed by atoms with E-state index >= 15 is 0 Å². The number of nitrogens with two attached hydrogens (primary N) is 1. The number of nitrogens with one attached hydrogen (secondary N) is 2. The fourth-order valence-electron chi connectivity index (χ4n) is 2.01. The fourth-order valence-corrected chi connectivity index (χ4v) is 2.01. The van der Waals surface area contributed by atoms with Gasteiger partial charge in [0.2, 0.25) is 0 Å². The second-order valence-electron chi connectivity index (χ2n) is 5.59. The maximum atomic E-state index is 5.85. The molecule has 0 radical (unpaired) electrons. The molecular formula is C13H23N7. The van der Waals surface area contributed by atoms with E-state index in [1.807, 2.05) is 14.0 Å². The summed E-state index contributed by atoms with van der Waals surface area (Å²) in [5.41, 5.74) is 6.61. The first-order chi connectivity index (χ1) is 9.42. The van der Waals surface area contributed by atoms with Gasteiger partial charge in [0.1, 0.15) is 18.0 Å². The summed E-state index contributed by atoms with van der Waals surface area (Å²) in [6, 6.07) is 0. The van der Waals surface area contributed by atoms with Crippen molar-refractivity contribution in [1.82, 2.24) is 20.6 Å². The lowest BCUT2D eigenvalue weighted by Gasteiger charge is -2.37. The topological polar surface area (TPSA) is 91.5 Å². The van der Waals surface area contributed by atoms with Crippen LogP contribution >= 0.6 is 0 Å². The highest BCUT2D eigenvalue weighted by Crippen LogP contribution is 2.25. The monoisotopic (exact) mass is 277 g/mol. The molecule has 2 heterocycles. The Balaban J connectivity index is 2.09. The van der Waals surface area contributed by atoms with Crippen molar-refractivity contribution in [3.63, 3.8) is 0 Å². The highest BCUT2D eigenvalue weighted by atomic mass is 15.3. The average molecular weight is 277 g/mol. The molecule has 0 saturated carbocycles. The third-order valence-electron chi connectivity index (χ3n) is 3.68. The van der Waals surface area contributed by atoms with Gasteiger partial charge in [-0.25, -0.2) is 9.97 Å². The summed E-state index contributed by atoms with van der Waals surface area (Å²) in [6.45, 7) is 8.72. The van der Waals surface area contributed by atoms with Crippen LogP contribution < -0.4 is 21.3 Å². The predicted molar refractivity (Wildman–Crippen MR) is 82.0 cm³/mol. The molecule has 0 fully saturated rings. The average Bonchev–Trinajstić information content (AvgIpc) is 2.92. The van der Waals surface area contributed by atoms with E-state index in [-0.39, 0.29) is 5.54 Å². The van der Waals surface area contributed by atoms with Crippen molar-refractivity contribution in [1.29, 1.82) is 0 Å². The van der Waals surface area contributed by atoms with Crippen LogP contribution in [0.25, 0.3) is 0 Å². The Hall–Kier alpha value is -2.05. The minimum atomic E-state index is -0.141. The first-order valence-corrected chi connectivity index (χ1v) is 6.75. The number of nitrogens with zero attached hydrogens (tertiary/aromatic N) is 4. The Morgan fingerprint density at radius 1 is 1.45 bits per heavy atom. The molecule has 0 amide bonds. The van der Waals surface area contributed by atoms with Gasteiger partial charge in [0.25, 0.3) is 0 Å². The van der Waals surface area contributed by atoms with Gasteiger partial charge in [0.05, 0.1) is 12.1 Å². The third kappa shape index (κ3) is 2.92. The minimum absolute atomic E-state index is 0.141. The zero-order chi connectivity index (χ0) is 14.8. The van der Waals surface area contributed by atoms with Crippen molar-refractivity contribution < 1.29 is 0 Å². The minimum Gasteiger partial charge on any atom is -0.383 e. The molecule has 2 rings (SSSR count). The van der Waals surface area contributed by atoms with Crippen molar-refractivity contribution in [2.75, 3.05) is 37.3 Å². The Morgan fingerprint density at radius 3 is 2.85 bits per heavy atom. The van der Waals surface area contributed by atoms with Crippen LogP contribution in [0.2, 0.25) is 0 Å². The number of aromatic nitrogens is 2. The molecule has 1 aromatic rings. The molecule has 0 spiro atoms. The Morgan fingerprint density at radius 2 is 2.20 bits per heavy atom. The van der Waals surface area contributed by atoms with Gasteiger partial charge >= 0.3 is 0 Å². The third-order valence-corrected chi connectivity index (χ3v) is 3.68. The lowest BCUT2D eigenvalue weighted by Crippen LogP contribution is -2.52. The fraction of sp³-hybridized carbons (Fsp3) is 0.615. The van der Waals surface area contributed by atoms with Crippen molar-refractivity contribution in [3.8, 4) is 0 Å². The Kier molecular flexibility index (Phi) is 3.96. The molecule has 4 N–H and O–H groups in total. The molecule has 7 heteroatoms. The van der Waals surface area contributed by atoms with Crippen LogP contribution in [0, 0.1) is 6.92 Å². The molecular weight excluding hydrogens is 254 g/mol. The van der Waals surface area contributed by atoms with Crippen molar-refractivity contribution in [3.05, 3.63) is 11.9 Å². The normalized spacial score (nSPS) is 14.7. The van der Waals surface area contributed by atoms with Crippen LogP contribution in [0.15, 0.2) is 11.3 Å². The standard InChI is InChI=1S/C13H23N7/c1-9-10(14)18-8-19-11(9)20(4)13(2,3)7-17-12-15-5-6-16-12/h8H,5-7H2,1-4H3,(H2,14,18,19)(H2,15,16,17). The van der Waals surface area contributed by atoms with E-state index < -0.39 is 0 Å². The number of aliphatic imine (C=N–C) groups is 1. The number of likely N-dealkylation sites (N-methyl/N-ethyl adjacent to an activating group) is 1. The van der Waals surface area contributed by atoms with Gasteiger partial charge in [-0.2, -0.15) is 0 Å². The van der Waals surface area contributed by atoms with Gasteiger partial charge in [-0.3, -0.25) is 4.99 Å². The molecule has 0 unspecified atom stereocenters. The Labute approximate surface area is 119 Å². The van der Waals surface area contributed by atoms with E-state index in [4.69, 9.17) is 5.73 Å². The highest BCUT2D eigenvalue weighted by molar-refractivity contribution is 5.81. The summed E-state index contributed by atoms with van der Waals surface area (Å²) in [6.07, 6.45) is 1.50. The van der Waals surface area contributed by atoms with Gasteiger partial charge in [0.15, 0.2) is 5.96 Å². The maximum absolute atomic E-state index is 5.85. The molecule has 1 aliphatic rings. The number of hydrogen-bond acceptors (Lipinski definition) is 7. The molecule has 0 saturated heterocycles. The van der Waals surface area contributed by atoms with Crippen LogP contribution in [0.1, 0.15) is 19.4 Å². The zero-order valence-corrected chi connectivity index (χ0v) is 12.6. The van der Waals surface area contributed by atoms with Crippen molar-refractivity contribution >= 4 is 17.6 Å². The smallest absolute Gasteiger partial charge is 0.191 e. The summed E-state index contributed by atoms with van der Waals surface area (Å²) >= 11 is 0. The quantitative estimate of drug-likeness (QED) is 0.724. The van der Waals surface area contributed by atoms with Crippen molar-refractivity contribution in [2.24, 2.45) is 4.99 Å². The number of rotatable bonds is 4. The molecule has 110 valence electrons. The zero-order valence-electron chi connectivity index (χ0n) is 12.6. The maximum Gasteiger partial charge on any atom is 0.191 e. The highest BCUT2D eigenvalue weighted by Gasteiger charge is 2.27. The van der Waals surface area contributed by atoms with E-state index in [2.05, 4.69) is 44.3 Å². The molecule has 1 aliphatic heterocycles. The largest absolute Gasteiger partial charge is 0.383 e. The van der Waals surface area contributed by atoms with E-state index in [9.17, 15) is 0 Å². The lowest BCUT2D eigenvalue weighted by atomic mass is 10.0. The molecule has 20 heavy (non-hydrogen) atoms. The Bertz CT molecular complexity index is 509. The summed E-state index contributed by atoms with van der Waals surface area (Å²) in [4.78, 5) is 14.8. The summed E-state index contributed by atoms with van der Waals surface area (Å²) in [7, 11) is 2.01. The second kappa shape index (κ2) is 5.52. The molecule has 7 nitrogen and oxygen atoms in total. The van der Waals surface area contributed by atoms with Crippen LogP contribution in [-0.2, 0) is 0 Å². The van der Waals surface area contributed by atoms with Gasteiger partial charge in [-0.15, -0.1) is 0 Å². The van der Waals surface area contributed by atoms with Gasteiger partial charge in [-0.05, 0) is 20.8 Å². The van der Waals surface area contributed by atoms with Gasteiger partial charge in [-0.1, -0.05) is 0 Å². The SMILES string of the molecule is Cc1c(N)ncnc1N(C)C(C)(C)CNC1=NCCN1. The lowest BCUT2D eigenvalue weighted by molar-refractivity contribution is 0.472. The molecule has 0 bridgehead atoms. The van der Waals surface area contributed by atoms with Crippen LogP contribution in [-0.4, -0.2) is 48.1 Å². The summed E-state index contributed by atoms with van der Waals surface area (Å²) in [5.74, 6) is 2.24. The first kappa shape index (κ1) is 14.4. The van der Waals surface area contributed by atoms with E-state index in [1.165, 1.54) is 6.33 Å². The van der Waals surface area contributed by atoms with Crippen LogP contribution in [0.3, 0.4) is 0 Å². The molecule has 0 atom stereocenters. The second-order valence-corrected chi connectivity index (χ2v) is 5.59. The van der Waals surface area contributed by atoms with E-state index in [0.29, 0.717) is 5.82 Å². The molecule has 0 aromatic carbocycles. The van der Waals surface area contributed by atoms with Gasteiger partial charge < -0.3 is 21.3 Å². The summed E-state index contributed by atoms with van der Waals surface area (Å²) < 4.78 is 0. The molecule has 1 aromatic heterocycles. The van der Waals surface area contributed by atoms with E-state index in [1.54, 1.807) is 0 Å². The van der Waals surface area contributed by atoms with E-state index in [0.717, 1.165) is 37.0 Å². The number of guanidine groups is 1. The molecule has 0 aliphatic carbocycles. The van der Waals surface area contributed by atoms with Crippen LogP contribution in [0.5, 0.6) is 0 Å². The predicted octanol–water partition coefficient (Wildman–Crippen LogP) is 0.131. The van der Waals surface area contributed by atoms with Crippen LogP contribution in [0.4, 0.5) is 11.6 Å².